The van der Waals surface area contributed by atoms with Gasteiger partial charge in [0.25, 0.3) is 0 Å². The van der Waals surface area contributed by atoms with Crippen LogP contribution in [0.25, 0.3) is 0 Å². The Balaban J connectivity index is 0.000000324. The van der Waals surface area contributed by atoms with Gasteiger partial charge >= 0.3 is 0 Å². The van der Waals surface area contributed by atoms with Crippen LogP contribution in [0, 0.1) is 0 Å². The van der Waals surface area contributed by atoms with Gasteiger partial charge < -0.3 is 29.9 Å². The molecule has 0 spiro atoms. The van der Waals surface area contributed by atoms with E-state index in [0.29, 0.717) is 11.5 Å². The Morgan fingerprint density at radius 1 is 0.842 bits per heavy atom. The SMILES string of the molecule is CC1=C(O)C(O)C=CO1.CC1=C(O)C(O)C=CO1.[Zn]. The van der Waals surface area contributed by atoms with E-state index in [1.165, 1.54) is 24.7 Å². The maximum atomic E-state index is 8.90. The summed E-state index contributed by atoms with van der Waals surface area (Å²) >= 11 is 0. The fourth-order valence-corrected chi connectivity index (χ4v) is 1.15. The second-order valence-corrected chi connectivity index (χ2v) is 3.67. The van der Waals surface area contributed by atoms with Crippen molar-refractivity contribution >= 4 is 0 Å². The molecule has 7 heteroatoms. The summed E-state index contributed by atoms with van der Waals surface area (Å²) in [4.78, 5) is 0. The minimum Gasteiger partial charge on any atom is -0.506 e. The van der Waals surface area contributed by atoms with E-state index in [9.17, 15) is 0 Å². The van der Waals surface area contributed by atoms with Crippen molar-refractivity contribution < 1.29 is 49.4 Å². The second kappa shape index (κ2) is 7.99. The van der Waals surface area contributed by atoms with Crippen LogP contribution < -0.4 is 0 Å². The van der Waals surface area contributed by atoms with E-state index in [-0.39, 0.29) is 31.0 Å². The molecule has 0 fully saturated rings. The number of aliphatic hydroxyl groups is 4. The second-order valence-electron chi connectivity index (χ2n) is 3.67. The molecule has 0 saturated heterocycles. The number of allylic oxidation sites excluding steroid dienone is 2. The fourth-order valence-electron chi connectivity index (χ4n) is 1.15. The molecule has 2 aliphatic heterocycles. The fraction of sp³-hybridized carbons (Fsp3) is 0.333. The normalized spacial score (nSPS) is 24.8. The minimum absolute atomic E-state index is 0. The Morgan fingerprint density at radius 2 is 1.16 bits per heavy atom. The number of hydrogen-bond donors (Lipinski definition) is 4. The van der Waals surface area contributed by atoms with Gasteiger partial charge in [0.2, 0.25) is 0 Å². The zero-order chi connectivity index (χ0) is 13.7. The Bertz CT molecular complexity index is 384. The van der Waals surface area contributed by atoms with Gasteiger partial charge in [0, 0.05) is 19.5 Å². The number of rotatable bonds is 0. The van der Waals surface area contributed by atoms with Gasteiger partial charge in [-0.2, -0.15) is 0 Å². The molecule has 2 heterocycles. The maximum absolute atomic E-state index is 8.90. The quantitative estimate of drug-likeness (QED) is 0.503. The van der Waals surface area contributed by atoms with Crippen molar-refractivity contribution in [2.75, 3.05) is 0 Å². The predicted molar refractivity (Wildman–Crippen MR) is 63.1 cm³/mol. The molecule has 19 heavy (non-hydrogen) atoms. The smallest absolute Gasteiger partial charge is 0.163 e. The first-order valence-electron chi connectivity index (χ1n) is 5.25. The van der Waals surface area contributed by atoms with E-state index < -0.39 is 12.2 Å². The van der Waals surface area contributed by atoms with Crippen molar-refractivity contribution in [3.8, 4) is 0 Å². The van der Waals surface area contributed by atoms with E-state index in [1.807, 2.05) is 0 Å². The van der Waals surface area contributed by atoms with Crippen LogP contribution >= 0.6 is 0 Å². The summed E-state index contributed by atoms with van der Waals surface area (Å²) in [7, 11) is 0. The van der Waals surface area contributed by atoms with Crippen molar-refractivity contribution in [2.45, 2.75) is 26.1 Å². The van der Waals surface area contributed by atoms with Crippen LogP contribution in [0.15, 0.2) is 47.7 Å². The number of hydrogen-bond acceptors (Lipinski definition) is 6. The number of ether oxygens (including phenoxy) is 2. The van der Waals surface area contributed by atoms with E-state index >= 15 is 0 Å². The summed E-state index contributed by atoms with van der Waals surface area (Å²) < 4.78 is 9.50. The average molecular weight is 322 g/mol. The Labute approximate surface area is 123 Å². The molecule has 6 nitrogen and oxygen atoms in total. The molecular formula is C12H16O6Zn. The topological polar surface area (TPSA) is 99.4 Å². The van der Waals surface area contributed by atoms with Crippen molar-refractivity contribution in [1.82, 2.24) is 0 Å². The van der Waals surface area contributed by atoms with E-state index in [0.717, 1.165) is 0 Å². The van der Waals surface area contributed by atoms with Gasteiger partial charge in [0.15, 0.2) is 11.5 Å². The molecule has 0 aromatic heterocycles. The minimum atomic E-state index is -0.890. The molecule has 2 aliphatic rings. The van der Waals surface area contributed by atoms with Crippen LogP contribution in [-0.4, -0.2) is 32.6 Å². The van der Waals surface area contributed by atoms with Crippen molar-refractivity contribution in [3.05, 3.63) is 47.7 Å². The van der Waals surface area contributed by atoms with Crippen LogP contribution in [0.1, 0.15) is 13.8 Å². The van der Waals surface area contributed by atoms with Crippen LogP contribution in [0.3, 0.4) is 0 Å². The molecule has 0 aromatic rings. The summed E-state index contributed by atoms with van der Waals surface area (Å²) in [5.74, 6) is 0.477. The van der Waals surface area contributed by atoms with Gasteiger partial charge in [0.1, 0.15) is 23.7 Å². The summed E-state index contributed by atoms with van der Waals surface area (Å²) in [6.07, 6.45) is 3.64. The first kappa shape index (κ1) is 17.7. The molecule has 0 radical (unpaired) electrons. The van der Waals surface area contributed by atoms with Gasteiger partial charge in [-0.05, 0) is 26.0 Å². The Morgan fingerprint density at radius 3 is 1.37 bits per heavy atom. The summed E-state index contributed by atoms with van der Waals surface area (Å²) in [5.41, 5.74) is 0. The molecule has 4 N–H and O–H groups in total. The van der Waals surface area contributed by atoms with Gasteiger partial charge in [-0.1, -0.05) is 0 Å². The van der Waals surface area contributed by atoms with E-state index in [4.69, 9.17) is 29.9 Å². The first-order chi connectivity index (χ1) is 8.43. The van der Waals surface area contributed by atoms with Crippen LogP contribution in [0.2, 0.25) is 0 Å². The molecule has 2 rings (SSSR count). The number of aliphatic hydroxyl groups excluding tert-OH is 4. The molecule has 0 aromatic carbocycles. The summed E-state index contributed by atoms with van der Waals surface area (Å²) in [6.45, 7) is 3.17. The molecule has 2 unspecified atom stereocenters. The summed E-state index contributed by atoms with van der Waals surface area (Å²) in [6, 6.07) is 0. The third kappa shape index (κ3) is 5.06. The molecule has 2 atom stereocenters. The third-order valence-electron chi connectivity index (χ3n) is 2.29. The van der Waals surface area contributed by atoms with E-state index in [1.54, 1.807) is 13.8 Å². The van der Waals surface area contributed by atoms with Gasteiger partial charge in [-0.3, -0.25) is 0 Å². The Hall–Kier alpha value is -1.30. The predicted octanol–water partition coefficient (Wildman–Crippen LogP) is 1.36. The molecule has 0 saturated carbocycles. The zero-order valence-electron chi connectivity index (χ0n) is 10.8. The monoisotopic (exact) mass is 320 g/mol. The van der Waals surface area contributed by atoms with Gasteiger partial charge in [0.05, 0.1) is 12.5 Å². The molecular weight excluding hydrogens is 306 g/mol. The molecule has 102 valence electrons. The van der Waals surface area contributed by atoms with Crippen LogP contribution in [0.5, 0.6) is 0 Å². The Kier molecular flexibility index (Phi) is 7.45. The zero-order valence-corrected chi connectivity index (χ0v) is 13.7. The molecule has 0 amide bonds. The van der Waals surface area contributed by atoms with Crippen LogP contribution in [0.4, 0.5) is 0 Å². The van der Waals surface area contributed by atoms with Crippen molar-refractivity contribution in [1.29, 1.82) is 0 Å². The first-order valence-corrected chi connectivity index (χ1v) is 5.25. The molecule has 0 aliphatic carbocycles. The summed E-state index contributed by atoms with van der Waals surface area (Å²) in [5, 5.41) is 35.5. The average Bonchev–Trinajstić information content (AvgIpc) is 2.34. The van der Waals surface area contributed by atoms with Gasteiger partial charge in [-0.25, -0.2) is 0 Å². The van der Waals surface area contributed by atoms with E-state index in [2.05, 4.69) is 0 Å². The van der Waals surface area contributed by atoms with Crippen molar-refractivity contribution in [2.24, 2.45) is 0 Å². The standard InChI is InChI=1S/2C6H8O3.Zn/c2*1-4-6(8)5(7)2-3-9-4;/h2*2-3,5,7-8H,1H3;. The van der Waals surface area contributed by atoms with Gasteiger partial charge in [-0.15, -0.1) is 0 Å². The van der Waals surface area contributed by atoms with Crippen molar-refractivity contribution in [3.63, 3.8) is 0 Å². The third-order valence-corrected chi connectivity index (χ3v) is 2.29. The maximum Gasteiger partial charge on any atom is 0.163 e. The van der Waals surface area contributed by atoms with Crippen LogP contribution in [-0.2, 0) is 29.0 Å². The molecule has 0 bridgehead atoms. The largest absolute Gasteiger partial charge is 0.506 e.